The predicted molar refractivity (Wildman–Crippen MR) is 105 cm³/mol. The molecule has 2 rings (SSSR count). The van der Waals surface area contributed by atoms with E-state index in [9.17, 15) is 0 Å². The highest BCUT2D eigenvalue weighted by atomic mass is 127. The second-order valence-electron chi connectivity index (χ2n) is 4.66. The first-order chi connectivity index (χ1) is 10.8. The zero-order chi connectivity index (χ0) is 15.6. The van der Waals surface area contributed by atoms with Gasteiger partial charge in [-0.05, 0) is 17.7 Å². The van der Waals surface area contributed by atoms with Gasteiger partial charge in [0.1, 0.15) is 5.75 Å². The monoisotopic (exact) mass is 427 g/mol. The van der Waals surface area contributed by atoms with Crippen molar-refractivity contribution in [1.82, 2.24) is 0 Å². The summed E-state index contributed by atoms with van der Waals surface area (Å²) in [6.45, 7) is 1.62. The third kappa shape index (κ3) is 7.34. The summed E-state index contributed by atoms with van der Waals surface area (Å²) in [5, 5.41) is 3.02. The minimum absolute atomic E-state index is 0. The lowest BCUT2D eigenvalue weighted by atomic mass is 10.2. The molecule has 0 radical (unpaired) electrons. The number of hydrogen-bond donors (Lipinski definition) is 2. The minimum atomic E-state index is 0. The first kappa shape index (κ1) is 19.2. The quantitative estimate of drug-likeness (QED) is 0.308. The van der Waals surface area contributed by atoms with Crippen LogP contribution in [0.15, 0.2) is 59.6 Å². The Balaban J connectivity index is 0.00000264. The van der Waals surface area contributed by atoms with Gasteiger partial charge in [0.2, 0.25) is 0 Å². The van der Waals surface area contributed by atoms with Crippen LogP contribution < -0.4 is 15.8 Å². The van der Waals surface area contributed by atoms with Crippen molar-refractivity contribution in [2.24, 2.45) is 10.7 Å². The van der Waals surface area contributed by atoms with Gasteiger partial charge in [-0.2, -0.15) is 0 Å². The van der Waals surface area contributed by atoms with Gasteiger partial charge in [-0.1, -0.05) is 36.4 Å². The van der Waals surface area contributed by atoms with Crippen LogP contribution in [0.1, 0.15) is 5.56 Å². The number of methoxy groups -OCH3 is 1. The van der Waals surface area contributed by atoms with Crippen LogP contribution in [-0.2, 0) is 11.3 Å². The molecule has 124 valence electrons. The molecule has 0 aliphatic rings. The molecule has 0 saturated carbocycles. The van der Waals surface area contributed by atoms with E-state index in [4.69, 9.17) is 15.2 Å². The minimum Gasteiger partial charge on any atom is -0.497 e. The standard InChI is InChI=1S/C17H21N3O2.HI/c1-21-16-9-5-8-15(12-16)20-17(18)19-10-11-22-13-14-6-3-2-4-7-14;/h2-9,12H,10-11,13H2,1H3,(H3,18,19,20);1H. The molecule has 0 aliphatic heterocycles. The molecule has 0 unspecified atom stereocenters. The molecule has 0 heterocycles. The molecule has 3 N–H and O–H groups in total. The molecule has 0 aliphatic carbocycles. The lowest BCUT2D eigenvalue weighted by Gasteiger charge is -2.07. The Hall–Kier alpha value is -1.80. The number of hydrogen-bond acceptors (Lipinski definition) is 3. The lowest BCUT2D eigenvalue weighted by molar-refractivity contribution is 0.128. The van der Waals surface area contributed by atoms with Crippen molar-refractivity contribution in [3.05, 3.63) is 60.2 Å². The summed E-state index contributed by atoms with van der Waals surface area (Å²) in [5.41, 5.74) is 7.82. The van der Waals surface area contributed by atoms with Crippen molar-refractivity contribution < 1.29 is 9.47 Å². The summed E-state index contributed by atoms with van der Waals surface area (Å²) in [6.07, 6.45) is 0. The van der Waals surface area contributed by atoms with E-state index in [1.54, 1.807) is 7.11 Å². The van der Waals surface area contributed by atoms with E-state index in [1.165, 1.54) is 0 Å². The summed E-state index contributed by atoms with van der Waals surface area (Å²) >= 11 is 0. The Morgan fingerprint density at radius 2 is 1.91 bits per heavy atom. The molecule has 5 nitrogen and oxygen atoms in total. The van der Waals surface area contributed by atoms with Crippen LogP contribution in [0.3, 0.4) is 0 Å². The van der Waals surface area contributed by atoms with E-state index in [0.29, 0.717) is 25.7 Å². The number of nitrogens with two attached hydrogens (primary N) is 1. The molecule has 6 heteroatoms. The van der Waals surface area contributed by atoms with Gasteiger partial charge in [0.25, 0.3) is 0 Å². The Kier molecular flexibility index (Phi) is 9.08. The van der Waals surface area contributed by atoms with Gasteiger partial charge >= 0.3 is 0 Å². The van der Waals surface area contributed by atoms with Crippen molar-refractivity contribution in [3.8, 4) is 5.75 Å². The first-order valence-electron chi connectivity index (χ1n) is 7.10. The lowest BCUT2D eigenvalue weighted by Crippen LogP contribution is -2.23. The van der Waals surface area contributed by atoms with Gasteiger partial charge in [0.15, 0.2) is 5.96 Å². The number of anilines is 1. The fraction of sp³-hybridized carbons (Fsp3) is 0.235. The Bertz CT molecular complexity index is 606. The van der Waals surface area contributed by atoms with Gasteiger partial charge in [0.05, 0.1) is 26.9 Å². The zero-order valence-electron chi connectivity index (χ0n) is 13.1. The summed E-state index contributed by atoms with van der Waals surface area (Å²) in [7, 11) is 1.63. The maximum absolute atomic E-state index is 5.83. The van der Waals surface area contributed by atoms with E-state index >= 15 is 0 Å². The average molecular weight is 427 g/mol. The molecule has 0 fully saturated rings. The molecule has 2 aromatic carbocycles. The molecule has 0 atom stereocenters. The van der Waals surface area contributed by atoms with Gasteiger partial charge in [-0.3, -0.25) is 4.99 Å². The first-order valence-corrected chi connectivity index (χ1v) is 7.10. The maximum atomic E-state index is 5.83. The molecule has 0 amide bonds. The van der Waals surface area contributed by atoms with Crippen LogP contribution in [0.4, 0.5) is 5.69 Å². The Morgan fingerprint density at radius 1 is 1.13 bits per heavy atom. The van der Waals surface area contributed by atoms with Gasteiger partial charge in [0, 0.05) is 11.8 Å². The highest BCUT2D eigenvalue weighted by molar-refractivity contribution is 14.0. The molecule has 23 heavy (non-hydrogen) atoms. The number of guanidine groups is 1. The summed E-state index contributed by atoms with van der Waals surface area (Å²) in [4.78, 5) is 4.22. The number of aliphatic imine (C=N–C) groups is 1. The van der Waals surface area contributed by atoms with Crippen molar-refractivity contribution in [3.63, 3.8) is 0 Å². The third-order valence-corrected chi connectivity index (χ3v) is 2.97. The van der Waals surface area contributed by atoms with Crippen LogP contribution in [0, 0.1) is 0 Å². The Labute approximate surface area is 153 Å². The Morgan fingerprint density at radius 3 is 2.65 bits per heavy atom. The average Bonchev–Trinajstić information content (AvgIpc) is 2.55. The molecule has 0 aromatic heterocycles. The zero-order valence-corrected chi connectivity index (χ0v) is 15.4. The SMILES string of the molecule is COc1cccc(NC(N)=NCCOCc2ccccc2)c1.I. The van der Waals surface area contributed by atoms with Crippen LogP contribution >= 0.6 is 24.0 Å². The number of ether oxygens (including phenoxy) is 2. The number of nitrogens with zero attached hydrogens (tertiary/aromatic N) is 1. The van der Waals surface area contributed by atoms with E-state index in [1.807, 2.05) is 54.6 Å². The van der Waals surface area contributed by atoms with E-state index in [2.05, 4.69) is 10.3 Å². The molecule has 0 spiro atoms. The third-order valence-electron chi connectivity index (χ3n) is 2.97. The fourth-order valence-electron chi connectivity index (χ4n) is 1.88. The van der Waals surface area contributed by atoms with Gasteiger partial charge in [-0.25, -0.2) is 0 Å². The maximum Gasteiger partial charge on any atom is 0.193 e. The number of benzene rings is 2. The molecule has 2 aromatic rings. The number of halogens is 1. The molecule has 0 bridgehead atoms. The molecular formula is C17H22IN3O2. The van der Waals surface area contributed by atoms with Crippen LogP contribution in [0.25, 0.3) is 0 Å². The second-order valence-corrected chi connectivity index (χ2v) is 4.66. The normalized spacial score (nSPS) is 10.7. The summed E-state index contributed by atoms with van der Waals surface area (Å²) in [5.74, 6) is 1.13. The molecule has 0 saturated heterocycles. The van der Waals surface area contributed by atoms with E-state index in [-0.39, 0.29) is 24.0 Å². The van der Waals surface area contributed by atoms with E-state index < -0.39 is 0 Å². The van der Waals surface area contributed by atoms with Crippen LogP contribution in [-0.4, -0.2) is 26.2 Å². The predicted octanol–water partition coefficient (Wildman–Crippen LogP) is 3.26. The van der Waals surface area contributed by atoms with Gasteiger partial charge < -0.3 is 20.5 Å². The van der Waals surface area contributed by atoms with E-state index in [0.717, 1.165) is 17.0 Å². The fourth-order valence-corrected chi connectivity index (χ4v) is 1.88. The topological polar surface area (TPSA) is 68.9 Å². The van der Waals surface area contributed by atoms with Crippen molar-refractivity contribution in [2.75, 3.05) is 25.6 Å². The van der Waals surface area contributed by atoms with Crippen molar-refractivity contribution in [1.29, 1.82) is 0 Å². The molecular weight excluding hydrogens is 405 g/mol. The van der Waals surface area contributed by atoms with Crippen molar-refractivity contribution >= 4 is 35.6 Å². The summed E-state index contributed by atoms with van der Waals surface area (Å²) in [6, 6.07) is 17.5. The largest absolute Gasteiger partial charge is 0.497 e. The van der Waals surface area contributed by atoms with Crippen LogP contribution in [0.5, 0.6) is 5.75 Å². The van der Waals surface area contributed by atoms with Gasteiger partial charge in [-0.15, -0.1) is 24.0 Å². The highest BCUT2D eigenvalue weighted by Gasteiger charge is 1.97. The number of nitrogens with one attached hydrogen (secondary N) is 1. The smallest absolute Gasteiger partial charge is 0.193 e. The highest BCUT2D eigenvalue weighted by Crippen LogP contribution is 2.16. The second kappa shape index (κ2) is 10.8. The van der Waals surface area contributed by atoms with Crippen molar-refractivity contribution in [2.45, 2.75) is 6.61 Å². The summed E-state index contributed by atoms with van der Waals surface area (Å²) < 4.78 is 10.7. The number of rotatable bonds is 7. The van der Waals surface area contributed by atoms with Crippen LogP contribution in [0.2, 0.25) is 0 Å².